The van der Waals surface area contributed by atoms with Gasteiger partial charge in [-0.15, -0.1) is 0 Å². The number of halogens is 1. The molecule has 3 aliphatic rings. The summed E-state index contributed by atoms with van der Waals surface area (Å²) in [5.74, 6) is -2.61. The molecule has 1 aromatic rings. The van der Waals surface area contributed by atoms with Crippen molar-refractivity contribution in [3.63, 3.8) is 0 Å². The van der Waals surface area contributed by atoms with Gasteiger partial charge in [-0.25, -0.2) is 4.79 Å². The van der Waals surface area contributed by atoms with Crippen molar-refractivity contribution in [1.82, 2.24) is 4.90 Å². The normalized spacial score (nSPS) is 28.4. The summed E-state index contributed by atoms with van der Waals surface area (Å²) in [7, 11) is 0. The molecule has 2 bridgehead atoms. The Morgan fingerprint density at radius 2 is 1.79 bits per heavy atom. The van der Waals surface area contributed by atoms with E-state index in [1.54, 1.807) is 24.3 Å². The monoisotopic (exact) mass is 402 g/mol. The van der Waals surface area contributed by atoms with Gasteiger partial charge in [0.05, 0.1) is 22.5 Å². The van der Waals surface area contributed by atoms with E-state index in [9.17, 15) is 19.2 Å². The average Bonchev–Trinajstić information content (AvgIpc) is 3.35. The lowest BCUT2D eigenvalue weighted by Crippen LogP contribution is -2.45. The highest BCUT2D eigenvalue weighted by Gasteiger charge is 2.60. The number of nitrogens with zero attached hydrogens (tertiary/aromatic N) is 1. The van der Waals surface area contributed by atoms with Crippen LogP contribution in [0.1, 0.15) is 13.3 Å². The van der Waals surface area contributed by atoms with Gasteiger partial charge in [-0.3, -0.25) is 19.3 Å². The second-order valence-corrected chi connectivity index (χ2v) is 7.77. The third-order valence-corrected chi connectivity index (χ3v) is 6.06. The summed E-state index contributed by atoms with van der Waals surface area (Å²) in [6.07, 6.45) is 4.80. The Labute approximate surface area is 166 Å². The zero-order chi connectivity index (χ0) is 20.0. The number of carbonyl (C=O) groups is 4. The lowest BCUT2D eigenvalue weighted by atomic mass is 9.85. The van der Waals surface area contributed by atoms with Crippen LogP contribution in [0, 0.1) is 23.7 Å². The van der Waals surface area contributed by atoms with Crippen LogP contribution in [-0.2, 0) is 23.9 Å². The van der Waals surface area contributed by atoms with Gasteiger partial charge in [0, 0.05) is 0 Å². The van der Waals surface area contributed by atoms with Gasteiger partial charge >= 0.3 is 5.97 Å². The fourth-order valence-corrected chi connectivity index (χ4v) is 4.60. The zero-order valence-electron chi connectivity index (χ0n) is 15.1. The minimum absolute atomic E-state index is 0.0704. The van der Waals surface area contributed by atoms with Crippen molar-refractivity contribution in [1.29, 1.82) is 0 Å². The first-order valence-electron chi connectivity index (χ1n) is 9.14. The van der Waals surface area contributed by atoms with E-state index >= 15 is 0 Å². The highest BCUT2D eigenvalue weighted by Crippen LogP contribution is 2.52. The van der Waals surface area contributed by atoms with Crippen molar-refractivity contribution in [3.8, 4) is 0 Å². The van der Waals surface area contributed by atoms with E-state index < -0.39 is 24.5 Å². The molecule has 1 heterocycles. The molecule has 0 spiro atoms. The summed E-state index contributed by atoms with van der Waals surface area (Å²) in [6, 6.07) is 5.60. The molecule has 0 radical (unpaired) electrons. The average molecular weight is 403 g/mol. The van der Waals surface area contributed by atoms with Gasteiger partial charge in [0.1, 0.15) is 6.04 Å². The molecule has 28 heavy (non-hydrogen) atoms. The molecule has 1 saturated heterocycles. The molecule has 4 rings (SSSR count). The SMILES string of the molecule is C[C@H](C(=O)OCC(=O)Nc1ccccc1Cl)N1C(=O)[C@@H]2[C@H](C1=O)[C@H]1C=C[C@H]2C1. The number of nitrogens with one attached hydrogen (secondary N) is 1. The summed E-state index contributed by atoms with van der Waals surface area (Å²) in [5, 5.41) is 2.90. The van der Waals surface area contributed by atoms with Gasteiger partial charge in [-0.2, -0.15) is 0 Å². The van der Waals surface area contributed by atoms with E-state index in [-0.39, 0.29) is 35.5 Å². The van der Waals surface area contributed by atoms with Gasteiger partial charge < -0.3 is 10.1 Å². The van der Waals surface area contributed by atoms with Gasteiger partial charge in [0.15, 0.2) is 6.61 Å². The summed E-state index contributed by atoms with van der Waals surface area (Å²) in [5.41, 5.74) is 0.402. The fourth-order valence-electron chi connectivity index (χ4n) is 4.42. The van der Waals surface area contributed by atoms with Crippen molar-refractivity contribution in [2.24, 2.45) is 23.7 Å². The summed E-state index contributed by atoms with van der Waals surface area (Å²) < 4.78 is 5.02. The van der Waals surface area contributed by atoms with Gasteiger partial charge in [0.2, 0.25) is 11.8 Å². The molecule has 2 aliphatic carbocycles. The number of ether oxygens (including phenoxy) is 1. The lowest BCUT2D eigenvalue weighted by molar-refractivity contribution is -0.159. The Kier molecular flexibility index (Phi) is 4.71. The number of hydrogen-bond donors (Lipinski definition) is 1. The molecule has 7 nitrogen and oxygen atoms in total. The summed E-state index contributed by atoms with van der Waals surface area (Å²) >= 11 is 5.97. The Hall–Kier alpha value is -2.67. The van der Waals surface area contributed by atoms with E-state index in [2.05, 4.69) is 5.32 Å². The van der Waals surface area contributed by atoms with Crippen LogP contribution in [0.15, 0.2) is 36.4 Å². The predicted molar refractivity (Wildman–Crippen MR) is 100 cm³/mol. The number of carbonyl (C=O) groups excluding carboxylic acids is 4. The molecular weight excluding hydrogens is 384 g/mol. The maximum absolute atomic E-state index is 12.7. The number of esters is 1. The van der Waals surface area contributed by atoms with E-state index in [1.165, 1.54) is 6.92 Å². The number of anilines is 1. The molecule has 0 unspecified atom stereocenters. The van der Waals surface area contributed by atoms with Crippen LogP contribution in [0.4, 0.5) is 5.69 Å². The summed E-state index contributed by atoms with van der Waals surface area (Å²) in [6.45, 7) is 0.908. The van der Waals surface area contributed by atoms with Gasteiger partial charge in [-0.1, -0.05) is 35.9 Å². The van der Waals surface area contributed by atoms with E-state index in [0.29, 0.717) is 10.7 Å². The number of imide groups is 1. The van der Waals surface area contributed by atoms with Crippen molar-refractivity contribution in [3.05, 3.63) is 41.4 Å². The zero-order valence-corrected chi connectivity index (χ0v) is 15.9. The second-order valence-electron chi connectivity index (χ2n) is 7.36. The van der Waals surface area contributed by atoms with Crippen LogP contribution in [0.25, 0.3) is 0 Å². The van der Waals surface area contributed by atoms with Crippen LogP contribution >= 0.6 is 11.6 Å². The standard InChI is InChI=1S/C20H19ClN2O5/c1-10(20(27)28-9-15(24)22-14-5-3-2-4-13(14)21)23-18(25)16-11-6-7-12(8-11)17(16)19(23)26/h2-7,10-12,16-17H,8-9H2,1H3,(H,22,24)/t10-,11+,12+,16-,17+/m1/s1. The first kappa shape index (κ1) is 18.7. The quantitative estimate of drug-likeness (QED) is 0.462. The van der Waals surface area contributed by atoms with Crippen molar-refractivity contribution >= 4 is 41.0 Å². The molecule has 8 heteroatoms. The predicted octanol–water partition coefficient (Wildman–Crippen LogP) is 2.02. The van der Waals surface area contributed by atoms with Gasteiger partial charge in [0.25, 0.3) is 5.91 Å². The molecule has 1 N–H and O–H groups in total. The molecular formula is C20H19ClN2O5. The molecule has 2 fully saturated rings. The number of hydrogen-bond acceptors (Lipinski definition) is 5. The molecule has 3 amide bonds. The second kappa shape index (κ2) is 7.05. The van der Waals surface area contributed by atoms with Crippen molar-refractivity contribution in [2.45, 2.75) is 19.4 Å². The highest BCUT2D eigenvalue weighted by atomic mass is 35.5. The number of fused-ring (bicyclic) bond motifs is 5. The van der Waals surface area contributed by atoms with Crippen molar-refractivity contribution < 1.29 is 23.9 Å². The largest absolute Gasteiger partial charge is 0.454 e. The van der Waals surface area contributed by atoms with E-state index in [0.717, 1.165) is 11.3 Å². The maximum Gasteiger partial charge on any atom is 0.329 e. The molecule has 146 valence electrons. The topological polar surface area (TPSA) is 92.8 Å². The van der Waals surface area contributed by atoms with Gasteiger partial charge in [-0.05, 0) is 37.3 Å². The van der Waals surface area contributed by atoms with Crippen LogP contribution in [0.2, 0.25) is 5.02 Å². The molecule has 0 aromatic heterocycles. The molecule has 1 saturated carbocycles. The number of allylic oxidation sites excluding steroid dienone is 2. The van der Waals surface area contributed by atoms with Crippen LogP contribution in [-0.4, -0.2) is 41.2 Å². The third kappa shape index (κ3) is 2.99. The number of benzene rings is 1. The van der Waals surface area contributed by atoms with E-state index in [1.807, 2.05) is 12.2 Å². The van der Waals surface area contributed by atoms with Crippen LogP contribution in [0.3, 0.4) is 0 Å². The number of rotatable bonds is 5. The molecule has 1 aliphatic heterocycles. The number of amides is 3. The van der Waals surface area contributed by atoms with E-state index in [4.69, 9.17) is 16.3 Å². The van der Waals surface area contributed by atoms with Crippen LogP contribution in [0.5, 0.6) is 0 Å². The van der Waals surface area contributed by atoms with Crippen molar-refractivity contribution in [2.75, 3.05) is 11.9 Å². The maximum atomic E-state index is 12.7. The molecule has 1 aromatic carbocycles. The number of para-hydroxylation sites is 1. The fraction of sp³-hybridized carbons (Fsp3) is 0.400. The summed E-state index contributed by atoms with van der Waals surface area (Å²) in [4.78, 5) is 50.8. The Morgan fingerprint density at radius 3 is 2.39 bits per heavy atom. The Balaban J connectivity index is 1.35. The lowest BCUT2D eigenvalue weighted by Gasteiger charge is -2.23. The number of likely N-dealkylation sites (tertiary alicyclic amines) is 1. The van der Waals surface area contributed by atoms with Crippen LogP contribution < -0.4 is 5.32 Å². The third-order valence-electron chi connectivity index (χ3n) is 5.73. The minimum Gasteiger partial charge on any atom is -0.454 e. The Bertz CT molecular complexity index is 868. The highest BCUT2D eigenvalue weighted by molar-refractivity contribution is 6.33. The first-order valence-corrected chi connectivity index (χ1v) is 9.52. The minimum atomic E-state index is -1.07. The first-order chi connectivity index (χ1) is 13.4. The Morgan fingerprint density at radius 1 is 1.18 bits per heavy atom. The molecule has 5 atom stereocenters. The smallest absolute Gasteiger partial charge is 0.329 e.